The summed E-state index contributed by atoms with van der Waals surface area (Å²) >= 11 is 1.39. The first-order valence-corrected chi connectivity index (χ1v) is 10.6. The molecule has 3 aromatic rings. The Kier molecular flexibility index (Phi) is 7.35. The van der Waals surface area contributed by atoms with Crippen molar-refractivity contribution in [3.05, 3.63) is 48.4 Å². The van der Waals surface area contributed by atoms with E-state index in [1.165, 1.54) is 11.8 Å². The Balaban J connectivity index is 1.69. The molecule has 3 rings (SSSR count). The third-order valence-electron chi connectivity index (χ3n) is 4.48. The first-order chi connectivity index (χ1) is 14.1. The van der Waals surface area contributed by atoms with Crippen molar-refractivity contribution in [1.29, 1.82) is 0 Å². The zero-order valence-electron chi connectivity index (χ0n) is 16.9. The lowest BCUT2D eigenvalue weighted by atomic mass is 10.2. The predicted octanol–water partition coefficient (Wildman–Crippen LogP) is 4.32. The van der Waals surface area contributed by atoms with E-state index in [9.17, 15) is 4.79 Å². The van der Waals surface area contributed by atoms with E-state index in [0.717, 1.165) is 47.4 Å². The normalized spacial score (nSPS) is 12.0. The fraction of sp³-hybridized carbons (Fsp3) is 0.381. The van der Waals surface area contributed by atoms with Gasteiger partial charge < -0.3 is 19.0 Å². The number of nitrogens with zero attached hydrogens (tertiary/aromatic N) is 3. The first-order valence-electron chi connectivity index (χ1n) is 9.65. The molecule has 0 saturated carbocycles. The van der Waals surface area contributed by atoms with Crippen molar-refractivity contribution in [3.63, 3.8) is 0 Å². The molecule has 2 heterocycles. The number of thioether (sulfide) groups is 1. The van der Waals surface area contributed by atoms with Gasteiger partial charge in [-0.2, -0.15) is 0 Å². The molecular formula is C21H26N4O3S. The van der Waals surface area contributed by atoms with Gasteiger partial charge in [0.25, 0.3) is 0 Å². The Morgan fingerprint density at radius 1 is 1.28 bits per heavy atom. The van der Waals surface area contributed by atoms with Crippen LogP contribution < -0.4 is 10.1 Å². The second kappa shape index (κ2) is 10.2. The van der Waals surface area contributed by atoms with Crippen LogP contribution in [-0.4, -0.2) is 33.5 Å². The van der Waals surface area contributed by atoms with E-state index in [1.54, 1.807) is 13.4 Å². The summed E-state index contributed by atoms with van der Waals surface area (Å²) in [6.45, 7) is 4.85. The van der Waals surface area contributed by atoms with E-state index in [-0.39, 0.29) is 17.7 Å². The monoisotopic (exact) mass is 414 g/mol. The molecule has 1 unspecified atom stereocenters. The summed E-state index contributed by atoms with van der Waals surface area (Å²) in [6, 6.07) is 11.2. The number of nitrogens with one attached hydrogen (secondary N) is 1. The molecule has 0 bridgehead atoms. The predicted molar refractivity (Wildman–Crippen MR) is 113 cm³/mol. The summed E-state index contributed by atoms with van der Waals surface area (Å²) in [5.74, 6) is 2.52. The van der Waals surface area contributed by atoms with Gasteiger partial charge in [-0.25, -0.2) is 0 Å². The second-order valence-electron chi connectivity index (χ2n) is 6.63. The van der Waals surface area contributed by atoms with Crippen LogP contribution in [0.4, 0.5) is 0 Å². The van der Waals surface area contributed by atoms with Crippen LogP contribution in [0.1, 0.15) is 38.5 Å². The van der Waals surface area contributed by atoms with Crippen LogP contribution >= 0.6 is 11.8 Å². The number of hydrogen-bond donors (Lipinski definition) is 1. The number of furan rings is 1. The molecule has 8 heteroatoms. The molecule has 0 aliphatic rings. The molecule has 1 N–H and O–H groups in total. The minimum Gasteiger partial charge on any atom is -0.497 e. The van der Waals surface area contributed by atoms with Crippen molar-refractivity contribution in [1.82, 2.24) is 20.1 Å². The second-order valence-corrected chi connectivity index (χ2v) is 7.58. The number of benzene rings is 1. The molecule has 154 valence electrons. The SMILES string of the molecule is CCCCn1c(SCC(=O)NC(C)c2ccco2)nnc1-c1ccc(OC)cc1. The molecule has 7 nitrogen and oxygen atoms in total. The molecule has 0 aliphatic heterocycles. The van der Waals surface area contributed by atoms with Crippen LogP contribution in [0.3, 0.4) is 0 Å². The van der Waals surface area contributed by atoms with Crippen molar-refractivity contribution < 1.29 is 13.9 Å². The van der Waals surface area contributed by atoms with Gasteiger partial charge in [-0.15, -0.1) is 10.2 Å². The van der Waals surface area contributed by atoms with E-state index in [0.29, 0.717) is 0 Å². The third-order valence-corrected chi connectivity index (χ3v) is 5.45. The van der Waals surface area contributed by atoms with Gasteiger partial charge in [-0.1, -0.05) is 25.1 Å². The summed E-state index contributed by atoms with van der Waals surface area (Å²) in [6.07, 6.45) is 3.67. The quantitative estimate of drug-likeness (QED) is 0.498. The Morgan fingerprint density at radius 3 is 2.72 bits per heavy atom. The van der Waals surface area contributed by atoms with Crippen LogP contribution in [0.25, 0.3) is 11.4 Å². The summed E-state index contributed by atoms with van der Waals surface area (Å²) in [5.41, 5.74) is 0.970. The molecule has 1 amide bonds. The lowest BCUT2D eigenvalue weighted by Crippen LogP contribution is -2.28. The van der Waals surface area contributed by atoms with E-state index in [1.807, 2.05) is 43.3 Å². The van der Waals surface area contributed by atoms with Crippen LogP contribution in [0.15, 0.2) is 52.2 Å². The van der Waals surface area contributed by atoms with Crippen LogP contribution in [-0.2, 0) is 11.3 Å². The minimum absolute atomic E-state index is 0.0741. The number of rotatable bonds is 10. The summed E-state index contributed by atoms with van der Waals surface area (Å²) in [7, 11) is 1.64. The highest BCUT2D eigenvalue weighted by atomic mass is 32.2. The molecule has 0 fully saturated rings. The number of carbonyl (C=O) groups is 1. The van der Waals surface area contributed by atoms with Gasteiger partial charge in [0.1, 0.15) is 11.5 Å². The van der Waals surface area contributed by atoms with Crippen molar-refractivity contribution in [2.75, 3.05) is 12.9 Å². The number of methoxy groups -OCH3 is 1. The number of amides is 1. The van der Waals surface area contributed by atoms with E-state index >= 15 is 0 Å². The van der Waals surface area contributed by atoms with Crippen LogP contribution in [0.2, 0.25) is 0 Å². The summed E-state index contributed by atoms with van der Waals surface area (Å²) in [5, 5.41) is 12.4. The molecule has 1 atom stereocenters. The van der Waals surface area contributed by atoms with Gasteiger partial charge in [0, 0.05) is 12.1 Å². The molecule has 2 aromatic heterocycles. The molecule has 29 heavy (non-hydrogen) atoms. The molecule has 0 aliphatic carbocycles. The van der Waals surface area contributed by atoms with Gasteiger partial charge in [0.2, 0.25) is 5.91 Å². The lowest BCUT2D eigenvalue weighted by Gasteiger charge is -2.12. The average molecular weight is 415 g/mol. The standard InChI is InChI=1S/C21H26N4O3S/c1-4-5-12-25-20(16-8-10-17(27-3)11-9-16)23-24-21(25)29-14-19(26)22-15(2)18-7-6-13-28-18/h6-11,13,15H,4-5,12,14H2,1-3H3,(H,22,26). The smallest absolute Gasteiger partial charge is 0.231 e. The maximum absolute atomic E-state index is 12.3. The zero-order valence-corrected chi connectivity index (χ0v) is 17.7. The maximum atomic E-state index is 12.3. The zero-order chi connectivity index (χ0) is 20.6. The maximum Gasteiger partial charge on any atom is 0.231 e. The Bertz CT molecular complexity index is 907. The van der Waals surface area contributed by atoms with Gasteiger partial charge in [-0.05, 0) is 49.7 Å². The van der Waals surface area contributed by atoms with Crippen molar-refractivity contribution >= 4 is 17.7 Å². The van der Waals surface area contributed by atoms with Gasteiger partial charge in [-0.3, -0.25) is 4.79 Å². The van der Waals surface area contributed by atoms with E-state index in [2.05, 4.69) is 27.0 Å². The average Bonchev–Trinajstić information content (AvgIpc) is 3.41. The third kappa shape index (κ3) is 5.41. The molecule has 1 aromatic carbocycles. The molecule has 0 radical (unpaired) electrons. The fourth-order valence-electron chi connectivity index (χ4n) is 2.89. The van der Waals surface area contributed by atoms with Crippen LogP contribution in [0.5, 0.6) is 5.75 Å². The first kappa shape index (κ1) is 21.0. The minimum atomic E-state index is -0.175. The van der Waals surface area contributed by atoms with Crippen molar-refractivity contribution in [2.24, 2.45) is 0 Å². The van der Waals surface area contributed by atoms with E-state index < -0.39 is 0 Å². The number of unbranched alkanes of at least 4 members (excludes halogenated alkanes) is 1. The van der Waals surface area contributed by atoms with Gasteiger partial charge >= 0.3 is 0 Å². The molecular weight excluding hydrogens is 388 g/mol. The van der Waals surface area contributed by atoms with Gasteiger partial charge in [0.15, 0.2) is 11.0 Å². The molecule has 0 spiro atoms. The topological polar surface area (TPSA) is 82.2 Å². The lowest BCUT2D eigenvalue weighted by molar-refractivity contribution is -0.119. The largest absolute Gasteiger partial charge is 0.497 e. The Morgan fingerprint density at radius 2 is 2.07 bits per heavy atom. The van der Waals surface area contributed by atoms with E-state index in [4.69, 9.17) is 9.15 Å². The molecule has 0 saturated heterocycles. The Labute approximate surface area is 174 Å². The summed E-state index contributed by atoms with van der Waals surface area (Å²) in [4.78, 5) is 12.3. The Hall–Kier alpha value is -2.74. The van der Waals surface area contributed by atoms with Crippen molar-refractivity contribution in [2.45, 2.75) is 44.4 Å². The van der Waals surface area contributed by atoms with Crippen LogP contribution in [0, 0.1) is 0 Å². The number of carbonyl (C=O) groups excluding carboxylic acids is 1. The highest BCUT2D eigenvalue weighted by Crippen LogP contribution is 2.26. The van der Waals surface area contributed by atoms with Crippen molar-refractivity contribution in [3.8, 4) is 17.1 Å². The highest BCUT2D eigenvalue weighted by Gasteiger charge is 2.17. The fourth-order valence-corrected chi connectivity index (χ4v) is 3.66. The number of ether oxygens (including phenoxy) is 1. The number of hydrogen-bond acceptors (Lipinski definition) is 6. The number of aromatic nitrogens is 3. The highest BCUT2D eigenvalue weighted by molar-refractivity contribution is 7.99. The summed E-state index contributed by atoms with van der Waals surface area (Å²) < 4.78 is 12.6. The van der Waals surface area contributed by atoms with Gasteiger partial charge in [0.05, 0.1) is 25.2 Å².